The summed E-state index contributed by atoms with van der Waals surface area (Å²) < 4.78 is 35.6. The Kier molecular flexibility index (Phi) is 7.83. The number of aryl methyl sites for hydroxylation is 1. The fourth-order valence-electron chi connectivity index (χ4n) is 5.71. The van der Waals surface area contributed by atoms with Crippen LogP contribution in [0.2, 0.25) is 0 Å². The summed E-state index contributed by atoms with van der Waals surface area (Å²) in [6.07, 6.45) is 3.09. The SMILES string of the molecule is Cc1ccc(S(=O)(=O)O)cc1.O=C(O[C@H]1CN2CCC1CC2)N1CCc2ccccc2[C@H]1c1ccccc1. The van der Waals surface area contributed by atoms with Crippen molar-refractivity contribution in [2.75, 3.05) is 26.2 Å². The minimum Gasteiger partial charge on any atom is -0.444 e. The minimum atomic E-state index is -4.02. The Labute approximate surface area is 224 Å². The van der Waals surface area contributed by atoms with E-state index in [1.165, 1.54) is 23.3 Å². The summed E-state index contributed by atoms with van der Waals surface area (Å²) in [5.41, 5.74) is 4.66. The molecule has 7 rings (SSSR count). The van der Waals surface area contributed by atoms with Gasteiger partial charge in [0.15, 0.2) is 0 Å². The van der Waals surface area contributed by atoms with Gasteiger partial charge in [0.1, 0.15) is 6.10 Å². The molecule has 0 radical (unpaired) electrons. The van der Waals surface area contributed by atoms with Crippen molar-refractivity contribution >= 4 is 16.2 Å². The summed E-state index contributed by atoms with van der Waals surface area (Å²) in [6.45, 7) is 5.76. The minimum absolute atomic E-state index is 0.0496. The zero-order valence-corrected chi connectivity index (χ0v) is 22.4. The number of hydrogen-bond acceptors (Lipinski definition) is 5. The van der Waals surface area contributed by atoms with Gasteiger partial charge in [0.25, 0.3) is 10.1 Å². The van der Waals surface area contributed by atoms with Crippen LogP contribution in [0.25, 0.3) is 0 Å². The summed E-state index contributed by atoms with van der Waals surface area (Å²) in [6, 6.07) is 24.7. The lowest BCUT2D eigenvalue weighted by Crippen LogP contribution is -2.53. The Morgan fingerprint density at radius 1 is 0.895 bits per heavy atom. The lowest BCUT2D eigenvalue weighted by Gasteiger charge is -2.45. The number of hydrogen-bond donors (Lipinski definition) is 1. The van der Waals surface area contributed by atoms with Gasteiger partial charge in [-0.1, -0.05) is 72.3 Å². The number of nitrogens with zero attached hydrogens (tertiary/aromatic N) is 2. The first-order valence-corrected chi connectivity index (χ1v) is 14.6. The highest BCUT2D eigenvalue weighted by Crippen LogP contribution is 2.37. The van der Waals surface area contributed by atoms with E-state index >= 15 is 0 Å². The second-order valence-corrected chi connectivity index (χ2v) is 11.7. The van der Waals surface area contributed by atoms with E-state index in [9.17, 15) is 13.2 Å². The largest absolute Gasteiger partial charge is 0.444 e. The van der Waals surface area contributed by atoms with Gasteiger partial charge in [0.05, 0.1) is 10.9 Å². The van der Waals surface area contributed by atoms with Crippen molar-refractivity contribution in [1.82, 2.24) is 9.80 Å². The Morgan fingerprint density at radius 2 is 1.55 bits per heavy atom. The molecule has 38 heavy (non-hydrogen) atoms. The fraction of sp³-hybridized carbons (Fsp3) is 0.367. The summed E-state index contributed by atoms with van der Waals surface area (Å²) in [5.74, 6) is 0.534. The van der Waals surface area contributed by atoms with Gasteiger partial charge in [-0.2, -0.15) is 8.42 Å². The standard InChI is InChI=1S/C23H26N2O2.C7H8O3S/c26-23(27-21-16-24-13-10-18(21)11-14-24)25-15-12-17-6-4-5-9-20(17)22(25)19-7-2-1-3-8-19;1-6-2-4-7(5-3-6)11(8,9)10/h1-9,18,21-22H,10-16H2;2-5H,1H3,(H,8,9,10)/t21-,22+;/m0./s1. The van der Waals surface area contributed by atoms with Crippen molar-refractivity contribution in [3.63, 3.8) is 0 Å². The molecule has 7 nitrogen and oxygen atoms in total. The molecule has 200 valence electrons. The molecule has 2 bridgehead atoms. The fourth-order valence-corrected chi connectivity index (χ4v) is 6.19. The number of ether oxygens (including phenoxy) is 1. The summed E-state index contributed by atoms with van der Waals surface area (Å²) in [7, 11) is -4.02. The smallest absolute Gasteiger partial charge is 0.410 e. The highest BCUT2D eigenvalue weighted by atomic mass is 32.2. The number of carbonyl (C=O) groups excluding carboxylic acids is 1. The normalized spacial score (nSPS) is 24.1. The van der Waals surface area contributed by atoms with Crippen LogP contribution >= 0.6 is 0 Å². The molecule has 1 amide bonds. The van der Waals surface area contributed by atoms with Crippen LogP contribution in [0.15, 0.2) is 83.8 Å². The Morgan fingerprint density at radius 3 is 2.18 bits per heavy atom. The maximum Gasteiger partial charge on any atom is 0.410 e. The lowest BCUT2D eigenvalue weighted by atomic mass is 9.86. The molecule has 1 N–H and O–H groups in total. The van der Waals surface area contributed by atoms with Crippen molar-refractivity contribution < 1.29 is 22.5 Å². The Balaban J connectivity index is 0.000000226. The lowest BCUT2D eigenvalue weighted by molar-refractivity contribution is -0.0462. The third-order valence-corrected chi connectivity index (χ3v) is 8.67. The van der Waals surface area contributed by atoms with E-state index in [4.69, 9.17) is 9.29 Å². The first-order valence-electron chi connectivity index (χ1n) is 13.2. The zero-order valence-electron chi connectivity index (χ0n) is 21.6. The molecule has 3 aromatic carbocycles. The molecule has 0 unspecified atom stereocenters. The molecule has 4 aliphatic rings. The average Bonchev–Trinajstić information content (AvgIpc) is 2.93. The third-order valence-electron chi connectivity index (χ3n) is 7.80. The van der Waals surface area contributed by atoms with E-state index in [1.807, 2.05) is 30.0 Å². The van der Waals surface area contributed by atoms with Crippen molar-refractivity contribution in [1.29, 1.82) is 0 Å². The molecule has 3 fully saturated rings. The van der Waals surface area contributed by atoms with Crippen LogP contribution in [0.4, 0.5) is 4.79 Å². The predicted octanol–water partition coefficient (Wildman–Crippen LogP) is 5.11. The molecule has 8 heteroatoms. The van der Waals surface area contributed by atoms with Gasteiger partial charge < -0.3 is 4.74 Å². The van der Waals surface area contributed by atoms with E-state index in [0.717, 1.165) is 50.0 Å². The molecule has 4 heterocycles. The van der Waals surface area contributed by atoms with Gasteiger partial charge in [-0.15, -0.1) is 0 Å². The van der Waals surface area contributed by atoms with Crippen molar-refractivity contribution in [3.8, 4) is 0 Å². The zero-order chi connectivity index (χ0) is 26.7. The van der Waals surface area contributed by atoms with Gasteiger partial charge in [0.2, 0.25) is 0 Å². The quantitative estimate of drug-likeness (QED) is 0.470. The van der Waals surface area contributed by atoms with Crippen LogP contribution in [0.1, 0.15) is 41.1 Å². The maximum atomic E-state index is 13.2. The molecular weight excluding hydrogens is 500 g/mol. The summed E-state index contributed by atoms with van der Waals surface area (Å²) in [4.78, 5) is 17.5. The van der Waals surface area contributed by atoms with E-state index in [-0.39, 0.29) is 23.1 Å². The second kappa shape index (κ2) is 11.3. The topological polar surface area (TPSA) is 87.1 Å². The van der Waals surface area contributed by atoms with Crippen LogP contribution in [0.5, 0.6) is 0 Å². The van der Waals surface area contributed by atoms with Gasteiger partial charge in [-0.25, -0.2) is 4.79 Å². The number of carbonyl (C=O) groups is 1. The summed E-state index contributed by atoms with van der Waals surface area (Å²) >= 11 is 0. The number of piperidine rings is 3. The van der Waals surface area contributed by atoms with E-state index in [0.29, 0.717) is 12.5 Å². The molecule has 0 saturated carbocycles. The second-order valence-electron chi connectivity index (χ2n) is 10.3. The number of benzene rings is 3. The Bertz CT molecular complexity index is 1350. The molecule has 4 aliphatic heterocycles. The average molecular weight is 535 g/mol. The predicted molar refractivity (Wildman–Crippen MR) is 146 cm³/mol. The Hall–Kier alpha value is -3.20. The first-order chi connectivity index (χ1) is 18.3. The molecule has 0 aliphatic carbocycles. The molecule has 3 saturated heterocycles. The number of fused-ring (bicyclic) bond motifs is 4. The van der Waals surface area contributed by atoms with Gasteiger partial charge in [0, 0.05) is 13.1 Å². The molecule has 2 atom stereocenters. The van der Waals surface area contributed by atoms with Gasteiger partial charge in [-0.3, -0.25) is 14.4 Å². The molecule has 0 spiro atoms. The van der Waals surface area contributed by atoms with Crippen LogP contribution < -0.4 is 0 Å². The van der Waals surface area contributed by atoms with Crippen molar-refractivity contribution in [2.24, 2.45) is 5.92 Å². The van der Waals surface area contributed by atoms with Crippen LogP contribution in [0, 0.1) is 12.8 Å². The molecular formula is C30H34N2O5S. The highest BCUT2D eigenvalue weighted by Gasteiger charge is 2.39. The van der Waals surface area contributed by atoms with E-state index in [2.05, 4.69) is 41.3 Å². The number of amides is 1. The molecule has 3 aromatic rings. The van der Waals surface area contributed by atoms with Crippen molar-refractivity contribution in [3.05, 3.63) is 101 Å². The highest BCUT2D eigenvalue weighted by molar-refractivity contribution is 7.85. The van der Waals surface area contributed by atoms with Gasteiger partial charge >= 0.3 is 6.09 Å². The monoisotopic (exact) mass is 534 g/mol. The van der Waals surface area contributed by atoms with E-state index < -0.39 is 10.1 Å². The van der Waals surface area contributed by atoms with Crippen molar-refractivity contribution in [2.45, 2.75) is 43.2 Å². The van der Waals surface area contributed by atoms with Crippen LogP contribution in [-0.4, -0.2) is 61.1 Å². The summed E-state index contributed by atoms with van der Waals surface area (Å²) in [5, 5.41) is 0. The van der Waals surface area contributed by atoms with Gasteiger partial charge in [-0.05, 0) is 74.0 Å². The molecule has 0 aromatic heterocycles. The van der Waals surface area contributed by atoms with E-state index in [1.54, 1.807) is 12.1 Å². The van der Waals surface area contributed by atoms with Crippen LogP contribution in [0.3, 0.4) is 0 Å². The third kappa shape index (κ3) is 5.93. The first kappa shape index (κ1) is 26.4. The number of rotatable bonds is 3. The maximum absolute atomic E-state index is 13.2. The van der Waals surface area contributed by atoms with Crippen LogP contribution in [-0.2, 0) is 21.3 Å².